The molecule has 0 aromatic heterocycles. The first-order chi connectivity index (χ1) is 7.31. The van der Waals surface area contributed by atoms with E-state index in [0.29, 0.717) is 12.5 Å². The van der Waals surface area contributed by atoms with Gasteiger partial charge in [0.2, 0.25) is 0 Å². The lowest BCUT2D eigenvalue weighted by molar-refractivity contribution is 0.282. The van der Waals surface area contributed by atoms with Crippen molar-refractivity contribution in [1.29, 1.82) is 0 Å². The zero-order valence-electron chi connectivity index (χ0n) is 9.97. The monoisotopic (exact) mass is 208 g/mol. The van der Waals surface area contributed by atoms with E-state index in [0.717, 1.165) is 19.3 Å². The molecule has 0 heterocycles. The summed E-state index contributed by atoms with van der Waals surface area (Å²) in [5.41, 5.74) is 0. The summed E-state index contributed by atoms with van der Waals surface area (Å²) in [4.78, 5) is 0. The molecule has 0 fully saturated rings. The molecule has 0 aliphatic rings. The average Bonchev–Trinajstić information content (AvgIpc) is 2.26. The summed E-state index contributed by atoms with van der Waals surface area (Å²) in [7, 11) is 0. The maximum absolute atomic E-state index is 8.59. The minimum Gasteiger partial charge on any atom is -0.396 e. The van der Waals surface area contributed by atoms with Crippen LogP contribution >= 0.6 is 0 Å². The Morgan fingerprint density at radius 1 is 1.13 bits per heavy atom. The molecule has 0 spiro atoms. The van der Waals surface area contributed by atoms with E-state index in [9.17, 15) is 0 Å². The lowest BCUT2D eigenvalue weighted by Crippen LogP contribution is -1.84. The number of allylic oxidation sites excluding steroid dienone is 1. The van der Waals surface area contributed by atoms with Gasteiger partial charge in [-0.25, -0.2) is 0 Å². The molecule has 0 saturated heterocycles. The Morgan fingerprint density at radius 3 is 2.33 bits per heavy atom. The zero-order valence-corrected chi connectivity index (χ0v) is 9.97. The second-order valence-electron chi connectivity index (χ2n) is 3.94. The van der Waals surface area contributed by atoms with E-state index in [1.165, 1.54) is 25.7 Å². The molecule has 0 radical (unpaired) electrons. The van der Waals surface area contributed by atoms with Gasteiger partial charge >= 0.3 is 0 Å². The molecule has 0 aromatic carbocycles. The fourth-order valence-electron chi connectivity index (χ4n) is 1.32. The van der Waals surface area contributed by atoms with Crippen molar-refractivity contribution >= 4 is 0 Å². The molecule has 15 heavy (non-hydrogen) atoms. The van der Waals surface area contributed by atoms with Gasteiger partial charge in [0.1, 0.15) is 0 Å². The van der Waals surface area contributed by atoms with Gasteiger partial charge in [-0.05, 0) is 19.8 Å². The topological polar surface area (TPSA) is 20.2 Å². The van der Waals surface area contributed by atoms with Crippen LogP contribution in [0.1, 0.15) is 51.9 Å². The molecule has 0 aliphatic carbocycles. The lowest BCUT2D eigenvalue weighted by Gasteiger charge is -1.98. The van der Waals surface area contributed by atoms with E-state index < -0.39 is 0 Å². The predicted octanol–water partition coefficient (Wildman–Crippen LogP) is 3.53. The largest absolute Gasteiger partial charge is 0.396 e. The lowest BCUT2D eigenvalue weighted by atomic mass is 10.1. The first-order valence-electron chi connectivity index (χ1n) is 6.03. The molecule has 0 aromatic rings. The Hall–Kier alpha value is -0.740. The van der Waals surface area contributed by atoms with Gasteiger partial charge in [-0.2, -0.15) is 0 Å². The Bertz CT molecular complexity index is 197. The predicted molar refractivity (Wildman–Crippen MR) is 66.5 cm³/mol. The average molecular weight is 208 g/mol. The van der Waals surface area contributed by atoms with Crippen LogP contribution in [-0.4, -0.2) is 11.7 Å². The summed E-state index contributed by atoms with van der Waals surface area (Å²) in [6.07, 6.45) is 10.0. The van der Waals surface area contributed by atoms with Crippen molar-refractivity contribution in [3.8, 4) is 11.8 Å². The van der Waals surface area contributed by atoms with Crippen LogP contribution in [0.25, 0.3) is 0 Å². The highest BCUT2D eigenvalue weighted by molar-refractivity contribution is 5.07. The first kappa shape index (κ1) is 14.3. The molecule has 0 rings (SSSR count). The van der Waals surface area contributed by atoms with Crippen LogP contribution in [0.15, 0.2) is 12.7 Å². The molecule has 1 unspecified atom stereocenters. The van der Waals surface area contributed by atoms with E-state index in [2.05, 4.69) is 25.3 Å². The summed E-state index contributed by atoms with van der Waals surface area (Å²) in [6.45, 7) is 6.10. The van der Waals surface area contributed by atoms with Crippen molar-refractivity contribution in [2.24, 2.45) is 5.92 Å². The minimum atomic E-state index is 0.328. The van der Waals surface area contributed by atoms with Gasteiger partial charge < -0.3 is 5.11 Å². The third-order valence-electron chi connectivity index (χ3n) is 2.39. The third kappa shape index (κ3) is 11.2. The molecule has 86 valence electrons. The van der Waals surface area contributed by atoms with Crippen LogP contribution < -0.4 is 0 Å². The molecule has 1 nitrogen and oxygen atoms in total. The van der Waals surface area contributed by atoms with Crippen LogP contribution in [0.3, 0.4) is 0 Å². The van der Waals surface area contributed by atoms with Crippen molar-refractivity contribution in [2.75, 3.05) is 6.61 Å². The summed E-state index contributed by atoms with van der Waals surface area (Å²) in [5, 5.41) is 8.59. The number of aliphatic hydroxyl groups is 1. The number of hydrogen-bond donors (Lipinski definition) is 1. The highest BCUT2D eigenvalue weighted by Gasteiger charge is 1.90. The van der Waals surface area contributed by atoms with E-state index in [4.69, 9.17) is 5.11 Å². The van der Waals surface area contributed by atoms with Gasteiger partial charge in [-0.3, -0.25) is 0 Å². The van der Waals surface area contributed by atoms with Gasteiger partial charge in [-0.1, -0.05) is 37.7 Å². The summed E-state index contributed by atoms with van der Waals surface area (Å²) in [6, 6.07) is 0. The zero-order chi connectivity index (χ0) is 11.4. The maximum Gasteiger partial charge on any atom is 0.0431 e. The Balaban J connectivity index is 3.16. The van der Waals surface area contributed by atoms with Gasteiger partial charge in [0, 0.05) is 18.9 Å². The highest BCUT2D eigenvalue weighted by Crippen LogP contribution is 2.06. The molecule has 0 aliphatic heterocycles. The molecule has 0 amide bonds. The van der Waals surface area contributed by atoms with Gasteiger partial charge in [0.25, 0.3) is 0 Å². The molecule has 1 atom stereocenters. The van der Waals surface area contributed by atoms with E-state index in [1.54, 1.807) is 0 Å². The van der Waals surface area contributed by atoms with Crippen molar-refractivity contribution in [1.82, 2.24) is 0 Å². The smallest absolute Gasteiger partial charge is 0.0431 e. The normalized spacial score (nSPS) is 11.6. The second-order valence-corrected chi connectivity index (χ2v) is 3.94. The fourth-order valence-corrected chi connectivity index (χ4v) is 1.32. The van der Waals surface area contributed by atoms with Crippen LogP contribution in [0.5, 0.6) is 0 Å². The summed E-state index contributed by atoms with van der Waals surface area (Å²) >= 11 is 0. The SMILES string of the molecule is C=CC(C)C#CCCCCCCCCO. The first-order valence-corrected chi connectivity index (χ1v) is 6.03. The van der Waals surface area contributed by atoms with Gasteiger partial charge in [-0.15, -0.1) is 12.5 Å². The highest BCUT2D eigenvalue weighted by atomic mass is 16.2. The van der Waals surface area contributed by atoms with E-state index in [-0.39, 0.29) is 0 Å². The molecule has 1 N–H and O–H groups in total. The summed E-state index contributed by atoms with van der Waals surface area (Å²) in [5.74, 6) is 6.65. The van der Waals surface area contributed by atoms with Gasteiger partial charge in [0.15, 0.2) is 0 Å². The summed E-state index contributed by atoms with van der Waals surface area (Å²) < 4.78 is 0. The van der Waals surface area contributed by atoms with E-state index in [1.807, 2.05) is 6.08 Å². The number of rotatable bonds is 8. The van der Waals surface area contributed by atoms with Crippen molar-refractivity contribution in [3.05, 3.63) is 12.7 Å². The standard InChI is InChI=1S/C14H24O/c1-3-14(2)12-10-8-6-4-5-7-9-11-13-15/h3,14-15H,1,4-9,11,13H2,2H3. The Morgan fingerprint density at radius 2 is 1.73 bits per heavy atom. The van der Waals surface area contributed by atoms with Crippen LogP contribution in [0.2, 0.25) is 0 Å². The van der Waals surface area contributed by atoms with E-state index >= 15 is 0 Å². The molecule has 1 heteroatoms. The molecule has 0 bridgehead atoms. The van der Waals surface area contributed by atoms with Gasteiger partial charge in [0.05, 0.1) is 0 Å². The molecular formula is C14H24O. The Labute approximate surface area is 94.6 Å². The number of unbranched alkanes of at least 4 members (excludes halogenated alkanes) is 6. The second kappa shape index (κ2) is 11.3. The Kier molecular flexibility index (Phi) is 10.8. The van der Waals surface area contributed by atoms with Crippen LogP contribution in [0, 0.1) is 17.8 Å². The van der Waals surface area contributed by atoms with Crippen LogP contribution in [0.4, 0.5) is 0 Å². The molecular weight excluding hydrogens is 184 g/mol. The van der Waals surface area contributed by atoms with Crippen molar-refractivity contribution < 1.29 is 5.11 Å². The van der Waals surface area contributed by atoms with Crippen molar-refractivity contribution in [3.63, 3.8) is 0 Å². The number of aliphatic hydroxyl groups excluding tert-OH is 1. The minimum absolute atomic E-state index is 0.328. The fraction of sp³-hybridized carbons (Fsp3) is 0.714. The number of hydrogen-bond acceptors (Lipinski definition) is 1. The third-order valence-corrected chi connectivity index (χ3v) is 2.39. The van der Waals surface area contributed by atoms with Crippen LogP contribution in [-0.2, 0) is 0 Å². The maximum atomic E-state index is 8.59. The quantitative estimate of drug-likeness (QED) is 0.367. The van der Waals surface area contributed by atoms with Crippen molar-refractivity contribution in [2.45, 2.75) is 51.9 Å². The molecule has 0 saturated carbocycles.